The van der Waals surface area contributed by atoms with Crippen molar-refractivity contribution in [3.63, 3.8) is 0 Å². The molecule has 0 rings (SSSR count). The molecule has 0 saturated carbocycles. The molecule has 0 amide bonds. The summed E-state index contributed by atoms with van der Waals surface area (Å²) in [4.78, 5) is 11.5. The summed E-state index contributed by atoms with van der Waals surface area (Å²) in [5.74, 6) is -0.166. The smallest absolute Gasteiger partial charge is 0.264 e. The Morgan fingerprint density at radius 2 is 1.86 bits per heavy atom. The van der Waals surface area contributed by atoms with E-state index in [2.05, 4.69) is 36.0 Å². The van der Waals surface area contributed by atoms with Gasteiger partial charge in [-0.25, -0.2) is 0 Å². The summed E-state index contributed by atoms with van der Waals surface area (Å²) in [6.07, 6.45) is 0.952. The van der Waals surface area contributed by atoms with E-state index in [0.29, 0.717) is 0 Å². The average molecular weight is 352 g/mol. The maximum absolute atomic E-state index is 11.5. The van der Waals surface area contributed by atoms with E-state index in [-0.39, 0.29) is 12.4 Å². The second-order valence-corrected chi connectivity index (χ2v) is 8.22. The summed E-state index contributed by atoms with van der Waals surface area (Å²) < 4.78 is 25.5. The van der Waals surface area contributed by atoms with Gasteiger partial charge in [-0.2, -0.15) is 8.42 Å². The van der Waals surface area contributed by atoms with E-state index < -0.39 is 19.3 Å². The summed E-state index contributed by atoms with van der Waals surface area (Å²) in [6.45, 7) is 3.09. The molecule has 0 atom stereocenters. The Kier molecular flexibility index (Phi) is 5.24. The van der Waals surface area contributed by atoms with Crippen LogP contribution in [0, 0.1) is 5.41 Å². The van der Waals surface area contributed by atoms with Gasteiger partial charge in [0, 0.05) is 0 Å². The van der Waals surface area contributed by atoms with Gasteiger partial charge in [-0.15, -0.1) is 0 Å². The monoisotopic (exact) mass is 350 g/mol. The zero-order valence-electron chi connectivity index (χ0n) is 8.08. The Labute approximate surface area is 101 Å². The molecule has 0 aromatic rings. The molecular formula is C7H12Br2O4S. The van der Waals surface area contributed by atoms with Crippen molar-refractivity contribution >= 4 is 47.8 Å². The molecule has 0 fully saturated rings. The highest BCUT2D eigenvalue weighted by Crippen LogP contribution is 2.25. The van der Waals surface area contributed by atoms with Crippen LogP contribution in [0.3, 0.4) is 0 Å². The number of rotatable bonds is 5. The maximum atomic E-state index is 11.5. The van der Waals surface area contributed by atoms with Gasteiger partial charge in [-0.3, -0.25) is 8.98 Å². The molecule has 0 unspecified atom stereocenters. The number of ketones is 1. The fourth-order valence-corrected chi connectivity index (χ4v) is 2.37. The first-order valence-corrected chi connectivity index (χ1v) is 7.38. The van der Waals surface area contributed by atoms with Gasteiger partial charge in [0.1, 0.15) is 3.74 Å². The van der Waals surface area contributed by atoms with Crippen LogP contribution in [0.4, 0.5) is 0 Å². The fraction of sp³-hybridized carbons (Fsp3) is 0.857. The fourth-order valence-electron chi connectivity index (χ4n) is 0.621. The summed E-state index contributed by atoms with van der Waals surface area (Å²) in [5, 5.41) is 0. The van der Waals surface area contributed by atoms with Crippen molar-refractivity contribution in [1.82, 2.24) is 0 Å². The van der Waals surface area contributed by atoms with Gasteiger partial charge in [-0.05, 0) is 0 Å². The standard InChI is InChI=1S/C7H12Br2O4S/c1-7(2,5(10)6(8)9)4-13-14(3,11)12/h6H,4H2,1-3H3. The first kappa shape index (κ1) is 14.5. The van der Waals surface area contributed by atoms with Crippen molar-refractivity contribution in [3.05, 3.63) is 0 Å². The second kappa shape index (κ2) is 5.05. The van der Waals surface area contributed by atoms with E-state index in [1.54, 1.807) is 13.8 Å². The molecule has 0 spiro atoms. The molecule has 0 N–H and O–H groups in total. The van der Waals surface area contributed by atoms with Crippen LogP contribution in [0.15, 0.2) is 0 Å². The minimum Gasteiger partial charge on any atom is -0.297 e. The Balaban J connectivity index is 4.43. The van der Waals surface area contributed by atoms with Crippen molar-refractivity contribution < 1.29 is 17.4 Å². The van der Waals surface area contributed by atoms with E-state index >= 15 is 0 Å². The molecule has 4 nitrogen and oxygen atoms in total. The Bertz CT molecular complexity index is 308. The van der Waals surface area contributed by atoms with Gasteiger partial charge in [-0.1, -0.05) is 45.7 Å². The van der Waals surface area contributed by atoms with Gasteiger partial charge >= 0.3 is 0 Å². The van der Waals surface area contributed by atoms with Crippen molar-refractivity contribution in [2.24, 2.45) is 5.41 Å². The number of halogens is 2. The molecule has 0 radical (unpaired) electrons. The van der Waals surface area contributed by atoms with Gasteiger partial charge in [0.05, 0.1) is 18.3 Å². The number of carbonyl (C=O) groups excluding carboxylic acids is 1. The van der Waals surface area contributed by atoms with Gasteiger partial charge in [0.2, 0.25) is 0 Å². The third-order valence-corrected chi connectivity index (χ3v) is 2.88. The topological polar surface area (TPSA) is 60.4 Å². The Hall–Kier alpha value is 0.540. The van der Waals surface area contributed by atoms with E-state index in [1.165, 1.54) is 0 Å². The molecule has 0 saturated heterocycles. The summed E-state index contributed by atoms with van der Waals surface area (Å²) in [5.41, 5.74) is -0.846. The number of hydrogen-bond acceptors (Lipinski definition) is 4. The molecule has 0 aromatic carbocycles. The van der Waals surface area contributed by atoms with Gasteiger partial charge in [0.15, 0.2) is 5.78 Å². The molecule has 0 aromatic heterocycles. The Morgan fingerprint density at radius 3 is 2.14 bits per heavy atom. The quantitative estimate of drug-likeness (QED) is 0.558. The number of alkyl halides is 2. The largest absolute Gasteiger partial charge is 0.297 e. The normalized spacial score (nSPS) is 13.3. The second-order valence-electron chi connectivity index (χ2n) is 3.52. The van der Waals surface area contributed by atoms with Gasteiger partial charge < -0.3 is 0 Å². The lowest BCUT2D eigenvalue weighted by Gasteiger charge is -2.22. The van der Waals surface area contributed by atoms with Gasteiger partial charge in [0.25, 0.3) is 10.1 Å². The third-order valence-electron chi connectivity index (χ3n) is 1.50. The molecule has 0 bridgehead atoms. The van der Waals surface area contributed by atoms with E-state index in [9.17, 15) is 13.2 Å². The lowest BCUT2D eigenvalue weighted by atomic mass is 9.90. The lowest BCUT2D eigenvalue weighted by molar-refractivity contribution is -0.126. The highest BCUT2D eigenvalue weighted by Gasteiger charge is 2.32. The van der Waals surface area contributed by atoms with Crippen LogP contribution >= 0.6 is 31.9 Å². The van der Waals surface area contributed by atoms with Crippen LogP contribution in [0.25, 0.3) is 0 Å². The molecule has 84 valence electrons. The highest BCUT2D eigenvalue weighted by atomic mass is 79.9. The van der Waals surface area contributed by atoms with E-state index in [0.717, 1.165) is 6.26 Å². The minimum atomic E-state index is -3.50. The molecular weight excluding hydrogens is 340 g/mol. The summed E-state index contributed by atoms with van der Waals surface area (Å²) in [7, 11) is -3.50. The predicted molar refractivity (Wildman–Crippen MR) is 61.2 cm³/mol. The zero-order chi connectivity index (χ0) is 11.6. The number of Topliss-reactive ketones (excluding diaryl/α,β-unsaturated/α-hetero) is 1. The molecule has 14 heavy (non-hydrogen) atoms. The average Bonchev–Trinajstić information content (AvgIpc) is 1.98. The minimum absolute atomic E-state index is 0.154. The van der Waals surface area contributed by atoms with Crippen molar-refractivity contribution in [2.75, 3.05) is 12.9 Å². The van der Waals surface area contributed by atoms with Crippen molar-refractivity contribution in [3.8, 4) is 0 Å². The van der Waals surface area contributed by atoms with Crippen LogP contribution in [0.1, 0.15) is 13.8 Å². The number of hydrogen-bond donors (Lipinski definition) is 0. The van der Waals surface area contributed by atoms with E-state index in [1.807, 2.05) is 0 Å². The molecule has 0 aliphatic rings. The lowest BCUT2D eigenvalue weighted by Crippen LogP contribution is -2.34. The highest BCUT2D eigenvalue weighted by molar-refractivity contribution is 9.25. The Morgan fingerprint density at radius 1 is 1.43 bits per heavy atom. The first-order valence-electron chi connectivity index (χ1n) is 3.73. The van der Waals surface area contributed by atoms with Crippen LogP contribution in [-0.4, -0.2) is 30.8 Å². The molecule has 0 aliphatic carbocycles. The maximum Gasteiger partial charge on any atom is 0.264 e. The third kappa shape index (κ3) is 5.43. The van der Waals surface area contributed by atoms with Crippen LogP contribution in [-0.2, 0) is 19.1 Å². The van der Waals surface area contributed by atoms with E-state index in [4.69, 9.17) is 0 Å². The predicted octanol–water partition coefficient (Wildman–Crippen LogP) is 1.67. The zero-order valence-corrected chi connectivity index (χ0v) is 12.1. The first-order chi connectivity index (χ1) is 6.06. The van der Waals surface area contributed by atoms with Crippen LogP contribution in [0.2, 0.25) is 0 Å². The van der Waals surface area contributed by atoms with Crippen LogP contribution in [0.5, 0.6) is 0 Å². The van der Waals surface area contributed by atoms with Crippen molar-refractivity contribution in [2.45, 2.75) is 17.6 Å². The molecule has 0 heterocycles. The SMILES string of the molecule is CC(C)(COS(C)(=O)=O)C(=O)C(Br)Br. The summed E-state index contributed by atoms with van der Waals surface area (Å²) >= 11 is 6.12. The van der Waals surface area contributed by atoms with Crippen LogP contribution < -0.4 is 0 Å². The summed E-state index contributed by atoms with van der Waals surface area (Å²) in [6, 6.07) is 0. The molecule has 0 aliphatic heterocycles. The van der Waals surface area contributed by atoms with Crippen molar-refractivity contribution in [1.29, 1.82) is 0 Å². The molecule has 7 heteroatoms. The number of carbonyl (C=O) groups is 1.